The maximum Gasteiger partial charge on any atom is 0.244 e. The SMILES string of the molecule is O=C(/C=C/c1ccc(Br)s1)NCc1cccc(NC(=O)C2CCCC2)c1. The van der Waals surface area contributed by atoms with E-state index in [-0.39, 0.29) is 17.7 Å². The third kappa shape index (κ3) is 5.54. The Labute approximate surface area is 165 Å². The van der Waals surface area contributed by atoms with Crippen LogP contribution in [0.3, 0.4) is 0 Å². The maximum absolute atomic E-state index is 12.2. The monoisotopic (exact) mass is 432 g/mol. The van der Waals surface area contributed by atoms with Crippen molar-refractivity contribution in [1.29, 1.82) is 0 Å². The number of amides is 2. The molecule has 1 saturated carbocycles. The van der Waals surface area contributed by atoms with Gasteiger partial charge in [-0.05, 0) is 64.7 Å². The van der Waals surface area contributed by atoms with Crippen molar-refractivity contribution >= 4 is 50.8 Å². The second kappa shape index (κ2) is 9.14. The molecule has 0 unspecified atom stereocenters. The lowest BCUT2D eigenvalue weighted by atomic mass is 10.1. The lowest BCUT2D eigenvalue weighted by molar-refractivity contribution is -0.119. The van der Waals surface area contributed by atoms with Gasteiger partial charge in [-0.2, -0.15) is 0 Å². The maximum atomic E-state index is 12.2. The fourth-order valence-electron chi connectivity index (χ4n) is 3.02. The second-order valence-corrected chi connectivity index (χ2v) is 8.86. The van der Waals surface area contributed by atoms with E-state index in [2.05, 4.69) is 26.6 Å². The summed E-state index contributed by atoms with van der Waals surface area (Å²) in [5, 5.41) is 5.86. The summed E-state index contributed by atoms with van der Waals surface area (Å²) in [7, 11) is 0. The van der Waals surface area contributed by atoms with Gasteiger partial charge in [0.05, 0.1) is 3.79 Å². The molecule has 0 atom stereocenters. The van der Waals surface area contributed by atoms with Crippen molar-refractivity contribution in [2.24, 2.45) is 5.92 Å². The summed E-state index contributed by atoms with van der Waals surface area (Å²) in [5.41, 5.74) is 1.74. The van der Waals surface area contributed by atoms with Crippen molar-refractivity contribution in [3.8, 4) is 0 Å². The molecule has 1 aromatic carbocycles. The summed E-state index contributed by atoms with van der Waals surface area (Å²) in [6.45, 7) is 0.421. The highest BCUT2D eigenvalue weighted by Crippen LogP contribution is 2.26. The minimum absolute atomic E-state index is 0.105. The molecule has 4 nitrogen and oxygen atoms in total. The van der Waals surface area contributed by atoms with Gasteiger partial charge in [-0.3, -0.25) is 9.59 Å². The van der Waals surface area contributed by atoms with Crippen molar-refractivity contribution in [1.82, 2.24) is 5.32 Å². The smallest absolute Gasteiger partial charge is 0.244 e. The Hall–Kier alpha value is -1.92. The Balaban J connectivity index is 1.50. The Bertz CT molecular complexity index is 810. The van der Waals surface area contributed by atoms with Crippen molar-refractivity contribution in [2.45, 2.75) is 32.2 Å². The predicted octanol–water partition coefficient (Wildman–Crippen LogP) is 4.97. The molecule has 6 heteroatoms. The molecule has 3 rings (SSSR count). The van der Waals surface area contributed by atoms with Crippen LogP contribution in [0.5, 0.6) is 0 Å². The van der Waals surface area contributed by atoms with E-state index in [0.29, 0.717) is 6.54 Å². The lowest BCUT2D eigenvalue weighted by Gasteiger charge is -2.11. The number of hydrogen-bond donors (Lipinski definition) is 2. The van der Waals surface area contributed by atoms with Crippen LogP contribution in [0.25, 0.3) is 6.08 Å². The van der Waals surface area contributed by atoms with Crippen LogP contribution in [0, 0.1) is 5.92 Å². The summed E-state index contributed by atoms with van der Waals surface area (Å²) < 4.78 is 1.04. The van der Waals surface area contributed by atoms with Gasteiger partial charge in [0.25, 0.3) is 0 Å². The molecule has 1 aliphatic rings. The second-order valence-electron chi connectivity index (χ2n) is 6.36. The predicted molar refractivity (Wildman–Crippen MR) is 110 cm³/mol. The third-order valence-electron chi connectivity index (χ3n) is 4.38. The molecule has 0 bridgehead atoms. The third-order valence-corrected chi connectivity index (χ3v) is 5.97. The average molecular weight is 433 g/mol. The highest BCUT2D eigenvalue weighted by atomic mass is 79.9. The van der Waals surface area contributed by atoms with Crippen LogP contribution >= 0.6 is 27.3 Å². The van der Waals surface area contributed by atoms with Crippen molar-refractivity contribution < 1.29 is 9.59 Å². The summed E-state index contributed by atoms with van der Waals surface area (Å²) in [4.78, 5) is 25.2. The minimum Gasteiger partial charge on any atom is -0.348 e. The number of anilines is 1. The summed E-state index contributed by atoms with van der Waals surface area (Å²) in [6, 6.07) is 11.5. The van der Waals surface area contributed by atoms with Gasteiger partial charge in [-0.1, -0.05) is 25.0 Å². The number of halogens is 1. The van der Waals surface area contributed by atoms with Crippen LogP contribution in [0.1, 0.15) is 36.1 Å². The molecule has 26 heavy (non-hydrogen) atoms. The van der Waals surface area contributed by atoms with Gasteiger partial charge in [-0.15, -0.1) is 11.3 Å². The van der Waals surface area contributed by atoms with E-state index >= 15 is 0 Å². The van der Waals surface area contributed by atoms with Crippen LogP contribution < -0.4 is 10.6 Å². The zero-order valence-electron chi connectivity index (χ0n) is 14.3. The quantitative estimate of drug-likeness (QED) is 0.632. The van der Waals surface area contributed by atoms with Gasteiger partial charge in [0, 0.05) is 29.1 Å². The van der Waals surface area contributed by atoms with Crippen LogP contribution in [0.2, 0.25) is 0 Å². The number of rotatable bonds is 6. The molecule has 2 aromatic rings. The van der Waals surface area contributed by atoms with E-state index in [1.165, 1.54) is 6.08 Å². The summed E-state index contributed by atoms with van der Waals surface area (Å²) in [6.07, 6.45) is 7.57. The fourth-order valence-corrected chi connectivity index (χ4v) is 4.34. The van der Waals surface area contributed by atoms with Crippen molar-refractivity contribution in [3.63, 3.8) is 0 Å². The van der Waals surface area contributed by atoms with Gasteiger partial charge < -0.3 is 10.6 Å². The molecule has 1 heterocycles. The largest absolute Gasteiger partial charge is 0.348 e. The summed E-state index contributed by atoms with van der Waals surface area (Å²) in [5.74, 6) is 0.101. The standard InChI is InChI=1S/C20H21BrN2O2S/c21-18-10-8-17(26-18)9-11-19(24)22-13-14-4-3-7-16(12-14)23-20(25)15-5-1-2-6-15/h3-4,7-12,15H,1-2,5-6,13H2,(H,22,24)(H,23,25)/b11-9+. The molecule has 1 aliphatic carbocycles. The van der Waals surface area contributed by atoms with Gasteiger partial charge in [0.1, 0.15) is 0 Å². The first-order valence-electron chi connectivity index (χ1n) is 8.71. The van der Waals surface area contributed by atoms with Crippen molar-refractivity contribution in [3.05, 3.63) is 56.7 Å². The Kier molecular flexibility index (Phi) is 6.63. The zero-order valence-corrected chi connectivity index (χ0v) is 16.7. The number of benzene rings is 1. The van der Waals surface area contributed by atoms with E-state index in [1.807, 2.05) is 36.4 Å². The van der Waals surface area contributed by atoms with Gasteiger partial charge in [0.15, 0.2) is 0 Å². The van der Waals surface area contributed by atoms with E-state index in [0.717, 1.165) is 45.6 Å². The fraction of sp³-hybridized carbons (Fsp3) is 0.300. The van der Waals surface area contributed by atoms with E-state index < -0.39 is 0 Å². The Morgan fingerprint density at radius 2 is 2.00 bits per heavy atom. The molecule has 2 amide bonds. The van der Waals surface area contributed by atoms with E-state index in [4.69, 9.17) is 0 Å². The van der Waals surface area contributed by atoms with Crippen LogP contribution in [-0.4, -0.2) is 11.8 Å². The average Bonchev–Trinajstić information content (AvgIpc) is 3.30. The molecule has 1 fully saturated rings. The molecule has 1 aromatic heterocycles. The van der Waals surface area contributed by atoms with Gasteiger partial charge >= 0.3 is 0 Å². The lowest BCUT2D eigenvalue weighted by Crippen LogP contribution is -2.21. The van der Waals surface area contributed by atoms with Crippen LogP contribution in [0.4, 0.5) is 5.69 Å². The van der Waals surface area contributed by atoms with E-state index in [1.54, 1.807) is 17.4 Å². The first-order chi connectivity index (χ1) is 12.6. The van der Waals surface area contributed by atoms with Gasteiger partial charge in [0.2, 0.25) is 11.8 Å². The van der Waals surface area contributed by atoms with E-state index in [9.17, 15) is 9.59 Å². The molecular weight excluding hydrogens is 412 g/mol. The first-order valence-corrected chi connectivity index (χ1v) is 10.3. The molecule has 2 N–H and O–H groups in total. The topological polar surface area (TPSA) is 58.2 Å². The number of carbonyl (C=O) groups excluding carboxylic acids is 2. The molecular formula is C20H21BrN2O2S. The van der Waals surface area contributed by atoms with Crippen LogP contribution in [0.15, 0.2) is 46.3 Å². The minimum atomic E-state index is -0.144. The normalized spacial score (nSPS) is 14.7. The Morgan fingerprint density at radius 3 is 2.73 bits per heavy atom. The van der Waals surface area contributed by atoms with Gasteiger partial charge in [-0.25, -0.2) is 0 Å². The number of hydrogen-bond acceptors (Lipinski definition) is 3. The van der Waals surface area contributed by atoms with Crippen molar-refractivity contribution in [2.75, 3.05) is 5.32 Å². The molecule has 0 saturated heterocycles. The molecule has 0 spiro atoms. The number of carbonyl (C=O) groups is 2. The first kappa shape index (κ1) is 18.9. The molecule has 0 radical (unpaired) electrons. The zero-order chi connectivity index (χ0) is 18.4. The highest BCUT2D eigenvalue weighted by molar-refractivity contribution is 9.11. The highest BCUT2D eigenvalue weighted by Gasteiger charge is 2.22. The number of nitrogens with one attached hydrogen (secondary N) is 2. The summed E-state index contributed by atoms with van der Waals surface area (Å²) >= 11 is 4.97. The molecule has 136 valence electrons. The Morgan fingerprint density at radius 1 is 1.19 bits per heavy atom. The van der Waals surface area contributed by atoms with Crippen LogP contribution in [-0.2, 0) is 16.1 Å². The number of thiophene rings is 1. The molecule has 0 aliphatic heterocycles.